The molecular formula is C38H21N3O. The van der Waals surface area contributed by atoms with E-state index < -0.39 is 0 Å². The van der Waals surface area contributed by atoms with Gasteiger partial charge in [-0.1, -0.05) is 66.7 Å². The summed E-state index contributed by atoms with van der Waals surface area (Å²) in [4.78, 5) is 9.74. The molecule has 10 rings (SSSR count). The number of hydrogen-bond acceptors (Lipinski definition) is 3. The van der Waals surface area contributed by atoms with Crippen molar-refractivity contribution in [3.05, 3.63) is 128 Å². The maximum Gasteiger partial charge on any atom is 0.138 e. The van der Waals surface area contributed by atoms with Crippen LogP contribution >= 0.6 is 0 Å². The van der Waals surface area contributed by atoms with Gasteiger partial charge in [-0.15, -0.1) is 0 Å². The minimum atomic E-state index is 0.910. The molecule has 194 valence electrons. The Morgan fingerprint density at radius 1 is 0.548 bits per heavy atom. The van der Waals surface area contributed by atoms with Gasteiger partial charge in [-0.2, -0.15) is 0 Å². The van der Waals surface area contributed by atoms with Gasteiger partial charge in [-0.3, -0.25) is 9.55 Å². The molecule has 0 atom stereocenters. The van der Waals surface area contributed by atoms with Gasteiger partial charge in [-0.25, -0.2) is 4.98 Å². The van der Waals surface area contributed by atoms with Gasteiger partial charge in [0.1, 0.15) is 17.0 Å². The third kappa shape index (κ3) is 2.85. The van der Waals surface area contributed by atoms with Gasteiger partial charge in [0, 0.05) is 44.9 Å². The van der Waals surface area contributed by atoms with Crippen molar-refractivity contribution in [2.45, 2.75) is 0 Å². The molecule has 0 unspecified atom stereocenters. The van der Waals surface area contributed by atoms with Gasteiger partial charge in [0.2, 0.25) is 0 Å². The molecule has 0 aliphatic heterocycles. The second kappa shape index (κ2) is 7.93. The Morgan fingerprint density at radius 2 is 1.33 bits per heavy atom. The second-order valence-corrected chi connectivity index (χ2v) is 11.0. The molecule has 0 saturated heterocycles. The van der Waals surface area contributed by atoms with Crippen molar-refractivity contribution < 1.29 is 4.42 Å². The highest BCUT2D eigenvalue weighted by Crippen LogP contribution is 2.46. The average Bonchev–Trinajstić information content (AvgIpc) is 3.69. The smallest absolute Gasteiger partial charge is 0.138 e. The summed E-state index contributed by atoms with van der Waals surface area (Å²) in [7, 11) is 0. The van der Waals surface area contributed by atoms with Crippen LogP contribution in [0.5, 0.6) is 0 Å². The number of para-hydroxylation sites is 2. The summed E-state index contributed by atoms with van der Waals surface area (Å²) < 4.78 is 8.39. The van der Waals surface area contributed by atoms with Gasteiger partial charge in [-0.05, 0) is 76.2 Å². The molecule has 1 aliphatic carbocycles. The number of aromatic nitrogens is 3. The molecule has 0 bridgehead atoms. The van der Waals surface area contributed by atoms with Crippen molar-refractivity contribution in [1.29, 1.82) is 0 Å². The van der Waals surface area contributed by atoms with E-state index in [4.69, 9.17) is 9.40 Å². The molecule has 0 spiro atoms. The van der Waals surface area contributed by atoms with Crippen LogP contribution in [0.2, 0.25) is 0 Å². The summed E-state index contributed by atoms with van der Waals surface area (Å²) in [5.41, 5.74) is 11.0. The molecule has 0 saturated carbocycles. The van der Waals surface area contributed by atoms with Crippen LogP contribution in [0.3, 0.4) is 0 Å². The Balaban J connectivity index is 1.22. The standard InChI is InChI=1S/C38H21N3O/c1-3-10-32-26(7-1)29-18-22(23-13-15-35-30(19-23)27-8-2-4-11-34(27)42-35)12-14-33(29)41(32)36-20-24-6-5-9-28-25-16-17-39-21-31(25)38(40-36)37(24)28/h1-21H. The van der Waals surface area contributed by atoms with Crippen LogP contribution in [0.15, 0.2) is 132 Å². The Kier molecular flexibility index (Phi) is 4.15. The summed E-state index contributed by atoms with van der Waals surface area (Å²) in [5, 5.41) is 7.08. The van der Waals surface area contributed by atoms with Gasteiger partial charge in [0.15, 0.2) is 0 Å². The third-order valence-electron chi connectivity index (χ3n) is 8.82. The molecule has 1 aliphatic rings. The van der Waals surface area contributed by atoms with Crippen LogP contribution in [0.1, 0.15) is 0 Å². The number of rotatable bonds is 2. The van der Waals surface area contributed by atoms with Crippen LogP contribution < -0.4 is 0 Å². The van der Waals surface area contributed by atoms with E-state index in [0.717, 1.165) is 50.0 Å². The highest BCUT2D eigenvalue weighted by atomic mass is 16.3. The maximum atomic E-state index is 6.08. The molecule has 0 N–H and O–H groups in total. The van der Waals surface area contributed by atoms with E-state index in [9.17, 15) is 0 Å². The molecule has 5 aromatic carbocycles. The van der Waals surface area contributed by atoms with E-state index >= 15 is 0 Å². The van der Waals surface area contributed by atoms with Crippen molar-refractivity contribution in [3.63, 3.8) is 0 Å². The summed E-state index contributed by atoms with van der Waals surface area (Å²) in [6.07, 6.45) is 3.81. The zero-order valence-corrected chi connectivity index (χ0v) is 22.4. The first-order valence-corrected chi connectivity index (χ1v) is 14.2. The molecule has 42 heavy (non-hydrogen) atoms. The van der Waals surface area contributed by atoms with E-state index in [0.29, 0.717) is 0 Å². The highest BCUT2D eigenvalue weighted by Gasteiger charge is 2.24. The van der Waals surface area contributed by atoms with Crippen LogP contribution in [0.4, 0.5) is 0 Å². The number of benzene rings is 5. The lowest BCUT2D eigenvalue weighted by atomic mass is 10.0. The van der Waals surface area contributed by atoms with Gasteiger partial charge < -0.3 is 4.42 Å². The monoisotopic (exact) mass is 535 g/mol. The zero-order valence-electron chi connectivity index (χ0n) is 22.4. The molecule has 0 fully saturated rings. The van der Waals surface area contributed by atoms with Gasteiger partial charge >= 0.3 is 0 Å². The number of pyridine rings is 2. The number of hydrogen-bond donors (Lipinski definition) is 0. The van der Waals surface area contributed by atoms with E-state index in [1.54, 1.807) is 0 Å². The fraction of sp³-hybridized carbons (Fsp3) is 0. The summed E-state index contributed by atoms with van der Waals surface area (Å²) >= 11 is 0. The Bertz CT molecular complexity index is 2590. The van der Waals surface area contributed by atoms with E-state index in [1.807, 2.05) is 24.5 Å². The molecule has 0 radical (unpaired) electrons. The van der Waals surface area contributed by atoms with E-state index in [2.05, 4.69) is 113 Å². The molecule has 4 heterocycles. The van der Waals surface area contributed by atoms with Crippen LogP contribution in [-0.2, 0) is 0 Å². The van der Waals surface area contributed by atoms with Crippen molar-refractivity contribution in [3.8, 4) is 39.3 Å². The molecule has 4 nitrogen and oxygen atoms in total. The molecular weight excluding hydrogens is 514 g/mol. The summed E-state index contributed by atoms with van der Waals surface area (Å²) in [6.45, 7) is 0. The topological polar surface area (TPSA) is 43.9 Å². The van der Waals surface area contributed by atoms with Crippen LogP contribution in [0, 0.1) is 0 Å². The Labute approximate surface area is 240 Å². The van der Waals surface area contributed by atoms with Crippen LogP contribution in [-0.4, -0.2) is 14.5 Å². The number of nitrogens with zero attached hydrogens (tertiary/aromatic N) is 3. The SMILES string of the molecule is c1cc2c3c(nc(-n4c5ccccc5c5cc(-c6ccc7oc8ccccc8c7c6)ccc54)cc3c1)-c1cnccc1-2. The summed E-state index contributed by atoms with van der Waals surface area (Å²) in [5.74, 6) is 0.914. The predicted octanol–water partition coefficient (Wildman–Crippen LogP) is 9.94. The molecule has 4 aromatic heterocycles. The van der Waals surface area contributed by atoms with Gasteiger partial charge in [0.25, 0.3) is 0 Å². The Morgan fingerprint density at radius 3 is 2.29 bits per heavy atom. The zero-order chi connectivity index (χ0) is 27.4. The fourth-order valence-corrected chi connectivity index (χ4v) is 6.95. The van der Waals surface area contributed by atoms with E-state index in [1.165, 1.54) is 43.8 Å². The largest absolute Gasteiger partial charge is 0.456 e. The maximum absolute atomic E-state index is 6.08. The fourth-order valence-electron chi connectivity index (χ4n) is 6.95. The highest BCUT2D eigenvalue weighted by molar-refractivity contribution is 6.15. The van der Waals surface area contributed by atoms with E-state index in [-0.39, 0.29) is 0 Å². The molecule has 9 aromatic rings. The van der Waals surface area contributed by atoms with Crippen LogP contribution in [0.25, 0.3) is 93.8 Å². The lowest BCUT2D eigenvalue weighted by Crippen LogP contribution is -1.99. The normalized spacial score (nSPS) is 12.3. The van der Waals surface area contributed by atoms with Crippen molar-refractivity contribution in [2.24, 2.45) is 0 Å². The Hall–Kier alpha value is -5.74. The number of furan rings is 1. The molecule has 4 heteroatoms. The minimum Gasteiger partial charge on any atom is -0.456 e. The minimum absolute atomic E-state index is 0.910. The van der Waals surface area contributed by atoms with Crippen molar-refractivity contribution >= 4 is 54.5 Å². The lowest BCUT2D eigenvalue weighted by Gasteiger charge is -2.11. The summed E-state index contributed by atoms with van der Waals surface area (Å²) in [6, 6.07) is 40.9. The van der Waals surface area contributed by atoms with Crippen molar-refractivity contribution in [1.82, 2.24) is 14.5 Å². The quantitative estimate of drug-likeness (QED) is 0.221. The number of fused-ring (bicyclic) bond motifs is 9. The second-order valence-electron chi connectivity index (χ2n) is 11.0. The first kappa shape index (κ1) is 22.0. The first-order chi connectivity index (χ1) is 20.8. The van der Waals surface area contributed by atoms with Crippen molar-refractivity contribution in [2.75, 3.05) is 0 Å². The average molecular weight is 536 g/mol. The lowest BCUT2D eigenvalue weighted by molar-refractivity contribution is 0.669. The predicted molar refractivity (Wildman–Crippen MR) is 171 cm³/mol. The molecule has 0 amide bonds. The van der Waals surface area contributed by atoms with Gasteiger partial charge in [0.05, 0.1) is 16.7 Å². The third-order valence-corrected chi connectivity index (χ3v) is 8.82. The first-order valence-electron chi connectivity index (χ1n) is 14.2.